The summed E-state index contributed by atoms with van der Waals surface area (Å²) >= 11 is 1.40. The number of carbonyl (C=O) groups is 2. The first-order valence-corrected chi connectivity index (χ1v) is 11.2. The zero-order chi connectivity index (χ0) is 21.2. The minimum absolute atomic E-state index is 0.0172. The Morgan fingerprint density at radius 1 is 0.935 bits per heavy atom. The lowest BCUT2D eigenvalue weighted by Crippen LogP contribution is -2.43. The van der Waals surface area contributed by atoms with Gasteiger partial charge >= 0.3 is 0 Å². The van der Waals surface area contributed by atoms with Gasteiger partial charge in [0.05, 0.1) is 26.4 Å². The highest BCUT2D eigenvalue weighted by Crippen LogP contribution is 2.38. The van der Waals surface area contributed by atoms with Gasteiger partial charge in [-0.3, -0.25) is 9.59 Å². The van der Waals surface area contributed by atoms with Crippen LogP contribution in [0.3, 0.4) is 0 Å². The molecule has 2 amide bonds. The molecule has 2 aromatic heterocycles. The quantitative estimate of drug-likeness (QED) is 0.630. The molecule has 2 fully saturated rings. The third-order valence-corrected chi connectivity index (χ3v) is 6.81. The number of thiophene rings is 1. The van der Waals surface area contributed by atoms with E-state index in [-0.39, 0.29) is 17.9 Å². The van der Waals surface area contributed by atoms with Crippen molar-refractivity contribution in [2.45, 2.75) is 6.10 Å². The summed E-state index contributed by atoms with van der Waals surface area (Å²) < 4.78 is 11.5. The second-order valence-corrected chi connectivity index (χ2v) is 8.58. The summed E-state index contributed by atoms with van der Waals surface area (Å²) in [5, 5.41) is 0.920. The third-order valence-electron chi connectivity index (χ3n) is 5.69. The van der Waals surface area contributed by atoms with Crippen LogP contribution in [-0.4, -0.2) is 72.6 Å². The maximum atomic E-state index is 13.4. The SMILES string of the molecule is O=C(c1ccccc1)N1CCOC(c2c(C(=O)N3CCOCC3)sc3ncccc23)C1. The van der Waals surface area contributed by atoms with E-state index in [1.807, 2.05) is 52.3 Å². The van der Waals surface area contributed by atoms with E-state index in [0.717, 1.165) is 15.8 Å². The van der Waals surface area contributed by atoms with Gasteiger partial charge in [-0.05, 0) is 18.2 Å². The van der Waals surface area contributed by atoms with Crippen molar-refractivity contribution in [3.63, 3.8) is 0 Å². The van der Waals surface area contributed by atoms with E-state index in [2.05, 4.69) is 4.98 Å². The molecule has 2 aliphatic rings. The van der Waals surface area contributed by atoms with Crippen LogP contribution >= 0.6 is 11.3 Å². The van der Waals surface area contributed by atoms with E-state index in [1.165, 1.54) is 11.3 Å². The maximum Gasteiger partial charge on any atom is 0.264 e. The third kappa shape index (κ3) is 3.94. The number of aromatic nitrogens is 1. The number of nitrogens with zero attached hydrogens (tertiary/aromatic N) is 3. The van der Waals surface area contributed by atoms with Crippen LogP contribution in [0.5, 0.6) is 0 Å². The molecule has 0 bridgehead atoms. The molecule has 1 atom stereocenters. The van der Waals surface area contributed by atoms with E-state index < -0.39 is 0 Å². The minimum atomic E-state index is -0.376. The van der Waals surface area contributed by atoms with Crippen molar-refractivity contribution in [2.75, 3.05) is 46.0 Å². The number of fused-ring (bicyclic) bond motifs is 1. The van der Waals surface area contributed by atoms with Crippen molar-refractivity contribution >= 4 is 33.4 Å². The number of rotatable bonds is 3. The number of morpholine rings is 2. The molecule has 0 aliphatic carbocycles. The molecule has 8 heteroatoms. The average molecular weight is 438 g/mol. The number of hydrogen-bond donors (Lipinski definition) is 0. The molecule has 1 unspecified atom stereocenters. The molecule has 2 saturated heterocycles. The van der Waals surface area contributed by atoms with Crippen LogP contribution in [0, 0.1) is 0 Å². The molecule has 3 aromatic rings. The molecule has 0 spiro atoms. The number of pyridine rings is 1. The minimum Gasteiger partial charge on any atom is -0.378 e. The largest absolute Gasteiger partial charge is 0.378 e. The first kappa shape index (κ1) is 20.1. The Kier molecular flexibility index (Phi) is 5.67. The summed E-state index contributed by atoms with van der Waals surface area (Å²) in [6.07, 6.45) is 1.36. The average Bonchev–Trinajstić information content (AvgIpc) is 3.24. The fraction of sp³-hybridized carbons (Fsp3) is 0.348. The van der Waals surface area contributed by atoms with Gasteiger partial charge in [-0.1, -0.05) is 24.3 Å². The molecular weight excluding hydrogens is 414 g/mol. The number of carbonyl (C=O) groups excluding carboxylic acids is 2. The van der Waals surface area contributed by atoms with Crippen molar-refractivity contribution < 1.29 is 19.1 Å². The van der Waals surface area contributed by atoms with Gasteiger partial charge in [0.15, 0.2) is 0 Å². The lowest BCUT2D eigenvalue weighted by atomic mass is 10.0. The molecular formula is C23H23N3O4S. The Hall–Kier alpha value is -2.81. The fourth-order valence-corrected chi connectivity index (χ4v) is 5.27. The molecule has 2 aliphatic heterocycles. The zero-order valence-electron chi connectivity index (χ0n) is 17.0. The highest BCUT2D eigenvalue weighted by molar-refractivity contribution is 7.20. The summed E-state index contributed by atoms with van der Waals surface area (Å²) in [5.74, 6) is -0.0379. The van der Waals surface area contributed by atoms with Gasteiger partial charge in [0.25, 0.3) is 11.8 Å². The van der Waals surface area contributed by atoms with E-state index in [4.69, 9.17) is 9.47 Å². The van der Waals surface area contributed by atoms with Crippen LogP contribution in [-0.2, 0) is 9.47 Å². The molecule has 31 heavy (non-hydrogen) atoms. The monoisotopic (exact) mass is 437 g/mol. The van der Waals surface area contributed by atoms with Gasteiger partial charge in [-0.15, -0.1) is 11.3 Å². The Morgan fingerprint density at radius 3 is 2.52 bits per heavy atom. The van der Waals surface area contributed by atoms with Crippen LogP contribution in [0.2, 0.25) is 0 Å². The van der Waals surface area contributed by atoms with Gasteiger partial charge in [0.2, 0.25) is 0 Å². The van der Waals surface area contributed by atoms with E-state index in [1.54, 1.807) is 6.20 Å². The predicted molar refractivity (Wildman–Crippen MR) is 117 cm³/mol. The normalized spacial score (nSPS) is 19.5. The number of hydrogen-bond acceptors (Lipinski definition) is 6. The molecule has 0 saturated carbocycles. The molecule has 4 heterocycles. The second-order valence-electron chi connectivity index (χ2n) is 7.58. The Labute approximate surface area is 184 Å². The van der Waals surface area contributed by atoms with Crippen molar-refractivity contribution in [2.24, 2.45) is 0 Å². The molecule has 0 N–H and O–H groups in total. The van der Waals surface area contributed by atoms with E-state index in [9.17, 15) is 9.59 Å². The lowest BCUT2D eigenvalue weighted by molar-refractivity contribution is -0.0225. The number of amides is 2. The van der Waals surface area contributed by atoms with Crippen LogP contribution in [0.25, 0.3) is 10.2 Å². The number of ether oxygens (including phenoxy) is 2. The summed E-state index contributed by atoms with van der Waals surface area (Å²) in [7, 11) is 0. The molecule has 1 aromatic carbocycles. The van der Waals surface area contributed by atoms with Crippen LogP contribution in [0.15, 0.2) is 48.7 Å². The second kappa shape index (κ2) is 8.74. The van der Waals surface area contributed by atoms with Crippen LogP contribution in [0.4, 0.5) is 0 Å². The Morgan fingerprint density at radius 2 is 1.71 bits per heavy atom. The van der Waals surface area contributed by atoms with Crippen molar-refractivity contribution in [3.8, 4) is 0 Å². The van der Waals surface area contributed by atoms with Crippen molar-refractivity contribution in [1.29, 1.82) is 0 Å². The molecule has 0 radical (unpaired) electrons. The number of benzene rings is 1. The fourth-order valence-electron chi connectivity index (χ4n) is 4.11. The summed E-state index contributed by atoms with van der Waals surface area (Å²) in [6, 6.07) is 13.1. The van der Waals surface area contributed by atoms with Gasteiger partial charge in [-0.25, -0.2) is 4.98 Å². The highest BCUT2D eigenvalue weighted by Gasteiger charge is 2.33. The predicted octanol–water partition coefficient (Wildman–Crippen LogP) is 2.98. The standard InChI is InChI=1S/C23H23N3O4S/c27-22(16-5-2-1-3-6-16)26-11-14-30-18(15-26)19-17-7-4-8-24-21(17)31-20(19)23(28)25-9-12-29-13-10-25/h1-8,18H,9-15H2. The van der Waals surface area contributed by atoms with Gasteiger partial charge < -0.3 is 19.3 Å². The molecule has 160 valence electrons. The molecule has 5 rings (SSSR count). The zero-order valence-corrected chi connectivity index (χ0v) is 17.8. The Balaban J connectivity index is 1.48. The van der Waals surface area contributed by atoms with Gasteiger partial charge in [0, 0.05) is 42.3 Å². The van der Waals surface area contributed by atoms with E-state index >= 15 is 0 Å². The topological polar surface area (TPSA) is 72.0 Å². The van der Waals surface area contributed by atoms with Crippen LogP contribution in [0.1, 0.15) is 31.7 Å². The van der Waals surface area contributed by atoms with Crippen molar-refractivity contribution in [3.05, 3.63) is 64.7 Å². The lowest BCUT2D eigenvalue weighted by Gasteiger charge is -2.34. The first-order valence-electron chi connectivity index (χ1n) is 10.4. The van der Waals surface area contributed by atoms with E-state index in [0.29, 0.717) is 56.4 Å². The highest BCUT2D eigenvalue weighted by atomic mass is 32.1. The van der Waals surface area contributed by atoms with Gasteiger partial charge in [-0.2, -0.15) is 0 Å². The summed E-state index contributed by atoms with van der Waals surface area (Å²) in [6.45, 7) is 3.59. The van der Waals surface area contributed by atoms with Gasteiger partial charge in [0.1, 0.15) is 15.8 Å². The molecule has 7 nitrogen and oxygen atoms in total. The summed E-state index contributed by atoms with van der Waals surface area (Å²) in [4.78, 5) is 36.0. The van der Waals surface area contributed by atoms with Crippen molar-refractivity contribution in [1.82, 2.24) is 14.8 Å². The van der Waals surface area contributed by atoms with Crippen LogP contribution < -0.4 is 0 Å². The first-order chi connectivity index (χ1) is 15.2. The Bertz CT molecular complexity index is 1090. The smallest absolute Gasteiger partial charge is 0.264 e. The maximum absolute atomic E-state index is 13.4. The summed E-state index contributed by atoms with van der Waals surface area (Å²) in [5.41, 5.74) is 1.50.